The maximum absolute atomic E-state index is 5.42. The summed E-state index contributed by atoms with van der Waals surface area (Å²) in [5.74, 6) is 1.87. The van der Waals surface area contributed by atoms with Crippen LogP contribution in [0, 0.1) is 6.92 Å². The van der Waals surface area contributed by atoms with Crippen LogP contribution in [0.25, 0.3) is 11.6 Å². The number of hydrogen-bond donors (Lipinski definition) is 0. The molecule has 0 aliphatic heterocycles. The van der Waals surface area contributed by atoms with Crippen molar-refractivity contribution >= 4 is 0 Å². The molecule has 3 rings (SSSR count). The molecule has 0 aromatic carbocycles. The first kappa shape index (κ1) is 13.3. The zero-order chi connectivity index (χ0) is 14.1. The molecule has 1 fully saturated rings. The van der Waals surface area contributed by atoms with Gasteiger partial charge in [-0.1, -0.05) is 24.4 Å². The third-order valence-corrected chi connectivity index (χ3v) is 4.04. The molecule has 0 saturated heterocycles. The summed E-state index contributed by atoms with van der Waals surface area (Å²) >= 11 is 0. The van der Waals surface area contributed by atoms with Crippen molar-refractivity contribution in [2.45, 2.75) is 64.8 Å². The van der Waals surface area contributed by atoms with Gasteiger partial charge in [-0.25, -0.2) is 0 Å². The van der Waals surface area contributed by atoms with E-state index in [1.54, 1.807) is 0 Å². The van der Waals surface area contributed by atoms with E-state index in [2.05, 4.69) is 36.0 Å². The monoisotopic (exact) mass is 274 g/mol. The van der Waals surface area contributed by atoms with Crippen LogP contribution in [0.2, 0.25) is 0 Å². The van der Waals surface area contributed by atoms with E-state index >= 15 is 0 Å². The number of nitrogens with zero attached hydrogens (tertiary/aromatic N) is 4. The quantitative estimate of drug-likeness (QED) is 0.852. The fraction of sp³-hybridized carbons (Fsp3) is 0.667. The first-order valence-corrected chi connectivity index (χ1v) is 7.55. The molecule has 2 heterocycles. The van der Waals surface area contributed by atoms with E-state index in [0.717, 1.165) is 17.2 Å². The molecule has 5 heteroatoms. The van der Waals surface area contributed by atoms with Crippen LogP contribution < -0.4 is 0 Å². The van der Waals surface area contributed by atoms with Gasteiger partial charge >= 0.3 is 0 Å². The third kappa shape index (κ3) is 2.49. The van der Waals surface area contributed by atoms with E-state index in [0.29, 0.717) is 17.9 Å². The molecule has 0 amide bonds. The van der Waals surface area contributed by atoms with E-state index in [1.165, 1.54) is 32.1 Å². The van der Waals surface area contributed by atoms with Crippen LogP contribution in [0.3, 0.4) is 0 Å². The maximum atomic E-state index is 5.42. The second kappa shape index (κ2) is 5.38. The molecule has 0 radical (unpaired) electrons. The predicted octanol–water partition coefficient (Wildman–Crippen LogP) is 3.87. The minimum Gasteiger partial charge on any atom is -0.332 e. The number of rotatable bonds is 3. The highest BCUT2D eigenvalue weighted by atomic mass is 16.5. The van der Waals surface area contributed by atoms with Crippen molar-refractivity contribution in [2.24, 2.45) is 0 Å². The normalized spacial score (nSPS) is 17.0. The number of aromatic nitrogens is 4. The summed E-state index contributed by atoms with van der Waals surface area (Å²) in [6, 6.07) is 2.35. The lowest BCUT2D eigenvalue weighted by Crippen LogP contribution is -2.06. The highest BCUT2D eigenvalue weighted by Crippen LogP contribution is 2.32. The molecule has 0 atom stereocenters. The van der Waals surface area contributed by atoms with E-state index in [1.807, 2.05) is 10.7 Å². The lowest BCUT2D eigenvalue weighted by Gasteiger charge is -2.17. The van der Waals surface area contributed by atoms with E-state index in [-0.39, 0.29) is 0 Å². The topological polar surface area (TPSA) is 56.7 Å². The van der Waals surface area contributed by atoms with Gasteiger partial charge in [-0.2, -0.15) is 10.1 Å². The molecule has 1 saturated carbocycles. The Morgan fingerprint density at radius 3 is 2.65 bits per heavy atom. The number of hydrogen-bond acceptors (Lipinski definition) is 4. The Balaban J connectivity index is 1.84. The van der Waals surface area contributed by atoms with Gasteiger partial charge in [0.05, 0.1) is 0 Å². The van der Waals surface area contributed by atoms with Crippen LogP contribution >= 0.6 is 0 Å². The van der Waals surface area contributed by atoms with Gasteiger partial charge < -0.3 is 4.52 Å². The molecule has 0 spiro atoms. The Bertz CT molecular complexity index is 578. The third-order valence-electron chi connectivity index (χ3n) is 4.04. The average Bonchev–Trinajstić information content (AvgIpc) is 3.06. The van der Waals surface area contributed by atoms with Gasteiger partial charge in [0.1, 0.15) is 0 Å². The Kier molecular flexibility index (Phi) is 3.59. The molecular weight excluding hydrogens is 252 g/mol. The van der Waals surface area contributed by atoms with Crippen molar-refractivity contribution in [1.82, 2.24) is 19.9 Å². The molecule has 1 aliphatic carbocycles. The summed E-state index contributed by atoms with van der Waals surface area (Å²) in [4.78, 5) is 4.56. The van der Waals surface area contributed by atoms with Crippen molar-refractivity contribution in [3.8, 4) is 11.6 Å². The first-order valence-electron chi connectivity index (χ1n) is 7.55. The van der Waals surface area contributed by atoms with Crippen LogP contribution in [0.4, 0.5) is 0 Å². The van der Waals surface area contributed by atoms with Crippen LogP contribution in [0.15, 0.2) is 10.6 Å². The molecule has 0 bridgehead atoms. The average molecular weight is 274 g/mol. The largest absolute Gasteiger partial charge is 0.332 e. The van der Waals surface area contributed by atoms with Gasteiger partial charge in [0.15, 0.2) is 11.5 Å². The SMILES string of the molecule is Cc1cc(-c2nc(C3CCCCC3)no2)nn1C(C)C. The molecule has 20 heavy (non-hydrogen) atoms. The summed E-state index contributed by atoms with van der Waals surface area (Å²) < 4.78 is 7.40. The zero-order valence-corrected chi connectivity index (χ0v) is 12.5. The standard InChI is InChI=1S/C15H22N4O/c1-10(2)19-11(3)9-13(17-19)15-16-14(18-20-15)12-7-5-4-6-8-12/h9-10,12H,4-8H2,1-3H3. The van der Waals surface area contributed by atoms with Crippen LogP contribution in [0.5, 0.6) is 0 Å². The summed E-state index contributed by atoms with van der Waals surface area (Å²) in [6.07, 6.45) is 6.24. The molecule has 5 nitrogen and oxygen atoms in total. The van der Waals surface area contributed by atoms with E-state index < -0.39 is 0 Å². The second-order valence-corrected chi connectivity index (χ2v) is 6.00. The molecule has 0 unspecified atom stereocenters. The van der Waals surface area contributed by atoms with Crippen molar-refractivity contribution in [3.05, 3.63) is 17.6 Å². The van der Waals surface area contributed by atoms with Crippen molar-refractivity contribution in [2.75, 3.05) is 0 Å². The fourth-order valence-electron chi connectivity index (χ4n) is 2.98. The first-order chi connectivity index (χ1) is 9.65. The molecule has 2 aromatic rings. The number of aryl methyl sites for hydroxylation is 1. The summed E-state index contributed by atoms with van der Waals surface area (Å²) in [7, 11) is 0. The van der Waals surface area contributed by atoms with Crippen molar-refractivity contribution in [1.29, 1.82) is 0 Å². The zero-order valence-electron chi connectivity index (χ0n) is 12.5. The minimum absolute atomic E-state index is 0.337. The van der Waals surface area contributed by atoms with Crippen LogP contribution in [-0.4, -0.2) is 19.9 Å². The summed E-state index contributed by atoms with van der Waals surface area (Å²) in [5, 5.41) is 8.72. The lowest BCUT2D eigenvalue weighted by atomic mass is 9.89. The van der Waals surface area contributed by atoms with Gasteiger partial charge in [0.2, 0.25) is 0 Å². The minimum atomic E-state index is 0.337. The Morgan fingerprint density at radius 2 is 2.00 bits per heavy atom. The molecule has 1 aliphatic rings. The van der Waals surface area contributed by atoms with Gasteiger partial charge in [-0.05, 0) is 39.7 Å². The van der Waals surface area contributed by atoms with Gasteiger partial charge in [0.25, 0.3) is 5.89 Å². The summed E-state index contributed by atoms with van der Waals surface area (Å²) in [6.45, 7) is 6.28. The van der Waals surface area contributed by atoms with Gasteiger partial charge in [0, 0.05) is 17.7 Å². The predicted molar refractivity (Wildman–Crippen MR) is 76.5 cm³/mol. The van der Waals surface area contributed by atoms with Crippen molar-refractivity contribution < 1.29 is 4.52 Å². The van der Waals surface area contributed by atoms with Gasteiger partial charge in [-0.3, -0.25) is 4.68 Å². The molecule has 2 aromatic heterocycles. The Labute approximate surface area is 119 Å². The lowest BCUT2D eigenvalue weighted by molar-refractivity contribution is 0.384. The molecule has 0 N–H and O–H groups in total. The smallest absolute Gasteiger partial charge is 0.278 e. The van der Waals surface area contributed by atoms with E-state index in [4.69, 9.17) is 4.52 Å². The second-order valence-electron chi connectivity index (χ2n) is 6.00. The Hall–Kier alpha value is -1.65. The molecule has 108 valence electrons. The summed E-state index contributed by atoms with van der Waals surface area (Å²) in [5.41, 5.74) is 1.90. The fourth-order valence-corrected chi connectivity index (χ4v) is 2.98. The highest BCUT2D eigenvalue weighted by Gasteiger charge is 2.22. The maximum Gasteiger partial charge on any atom is 0.278 e. The van der Waals surface area contributed by atoms with Gasteiger partial charge in [-0.15, -0.1) is 0 Å². The molecular formula is C15H22N4O. The Morgan fingerprint density at radius 1 is 1.25 bits per heavy atom. The van der Waals surface area contributed by atoms with Crippen molar-refractivity contribution in [3.63, 3.8) is 0 Å². The van der Waals surface area contributed by atoms with E-state index in [9.17, 15) is 0 Å². The van der Waals surface area contributed by atoms with Crippen LogP contribution in [0.1, 0.15) is 69.4 Å². The van der Waals surface area contributed by atoms with Crippen LogP contribution in [-0.2, 0) is 0 Å². The highest BCUT2D eigenvalue weighted by molar-refractivity contribution is 5.47.